The van der Waals surface area contributed by atoms with Gasteiger partial charge >= 0.3 is 12.0 Å². The molecule has 1 aromatic carbocycles. The lowest BCUT2D eigenvalue weighted by atomic mass is 10.2. The fraction of sp³-hybridized carbons (Fsp3) is 0.267. The Kier molecular flexibility index (Phi) is 4.71. The van der Waals surface area contributed by atoms with Crippen LogP contribution in [0.3, 0.4) is 0 Å². The maximum Gasteiger partial charge on any atom is 0.339 e. The predicted molar refractivity (Wildman–Crippen MR) is 76.0 cm³/mol. The number of ether oxygens (including phenoxy) is 2. The van der Waals surface area contributed by atoms with E-state index in [4.69, 9.17) is 14.6 Å². The SMILES string of the molecule is CCCOc1ccc(Oc2ncc(C(=O)O)c(C)n2)cc1. The van der Waals surface area contributed by atoms with E-state index in [1.54, 1.807) is 31.2 Å². The van der Waals surface area contributed by atoms with Gasteiger partial charge in [0.15, 0.2) is 0 Å². The molecule has 0 aliphatic carbocycles. The van der Waals surface area contributed by atoms with Gasteiger partial charge in [-0.3, -0.25) is 0 Å². The normalized spacial score (nSPS) is 10.2. The molecule has 1 heterocycles. The molecule has 1 N–H and O–H groups in total. The summed E-state index contributed by atoms with van der Waals surface area (Å²) >= 11 is 0. The second kappa shape index (κ2) is 6.69. The molecule has 0 spiro atoms. The second-order valence-corrected chi connectivity index (χ2v) is 4.38. The molecule has 0 atom stereocenters. The van der Waals surface area contributed by atoms with Crippen molar-refractivity contribution in [3.8, 4) is 17.5 Å². The molecule has 0 saturated heterocycles. The fourth-order valence-corrected chi connectivity index (χ4v) is 1.63. The minimum Gasteiger partial charge on any atom is -0.494 e. The van der Waals surface area contributed by atoms with Crippen molar-refractivity contribution >= 4 is 5.97 Å². The highest BCUT2D eigenvalue weighted by Crippen LogP contribution is 2.22. The largest absolute Gasteiger partial charge is 0.494 e. The van der Waals surface area contributed by atoms with Crippen LogP contribution in [0.5, 0.6) is 17.5 Å². The Labute approximate surface area is 122 Å². The van der Waals surface area contributed by atoms with Crippen LogP contribution in [-0.4, -0.2) is 27.7 Å². The molecule has 0 aliphatic rings. The van der Waals surface area contributed by atoms with E-state index in [2.05, 4.69) is 9.97 Å². The van der Waals surface area contributed by atoms with Crippen LogP contribution in [0.15, 0.2) is 30.5 Å². The first kappa shape index (κ1) is 14.8. The van der Waals surface area contributed by atoms with Gasteiger partial charge in [-0.15, -0.1) is 0 Å². The van der Waals surface area contributed by atoms with Crippen molar-refractivity contribution in [2.75, 3.05) is 6.61 Å². The predicted octanol–water partition coefficient (Wildman–Crippen LogP) is 3.06. The van der Waals surface area contributed by atoms with Crippen LogP contribution in [0.2, 0.25) is 0 Å². The molecule has 0 saturated carbocycles. The number of carboxylic acid groups (broad SMARTS) is 1. The van der Waals surface area contributed by atoms with Gasteiger partial charge in [-0.2, -0.15) is 4.98 Å². The van der Waals surface area contributed by atoms with Gasteiger partial charge in [0.25, 0.3) is 0 Å². The smallest absolute Gasteiger partial charge is 0.339 e. The molecule has 6 nitrogen and oxygen atoms in total. The number of benzene rings is 1. The Hall–Kier alpha value is -2.63. The standard InChI is InChI=1S/C15H16N2O4/c1-3-8-20-11-4-6-12(7-5-11)21-15-16-9-13(14(18)19)10(2)17-15/h4-7,9H,3,8H2,1-2H3,(H,18,19). The third-order valence-corrected chi connectivity index (χ3v) is 2.69. The highest BCUT2D eigenvalue weighted by atomic mass is 16.5. The maximum atomic E-state index is 10.9. The summed E-state index contributed by atoms with van der Waals surface area (Å²) in [4.78, 5) is 18.8. The van der Waals surface area contributed by atoms with E-state index < -0.39 is 5.97 Å². The van der Waals surface area contributed by atoms with Gasteiger partial charge in [0.1, 0.15) is 11.5 Å². The monoisotopic (exact) mass is 288 g/mol. The number of rotatable bonds is 6. The van der Waals surface area contributed by atoms with Crippen molar-refractivity contribution in [3.05, 3.63) is 41.7 Å². The van der Waals surface area contributed by atoms with E-state index in [0.717, 1.165) is 12.2 Å². The van der Waals surface area contributed by atoms with Gasteiger partial charge in [0.2, 0.25) is 0 Å². The van der Waals surface area contributed by atoms with Gasteiger partial charge in [0.05, 0.1) is 17.9 Å². The molecule has 2 rings (SSSR count). The van der Waals surface area contributed by atoms with Gasteiger partial charge in [-0.1, -0.05) is 6.92 Å². The molecule has 21 heavy (non-hydrogen) atoms. The molecular formula is C15H16N2O4. The van der Waals surface area contributed by atoms with Crippen LogP contribution in [-0.2, 0) is 0 Å². The minimum absolute atomic E-state index is 0.0608. The quantitative estimate of drug-likeness (QED) is 0.879. The van der Waals surface area contributed by atoms with Gasteiger partial charge in [0, 0.05) is 6.20 Å². The topological polar surface area (TPSA) is 81.5 Å². The van der Waals surface area contributed by atoms with Crippen LogP contribution in [0, 0.1) is 6.92 Å². The molecule has 110 valence electrons. The highest BCUT2D eigenvalue weighted by Gasteiger charge is 2.11. The minimum atomic E-state index is -1.06. The number of aromatic carboxylic acids is 1. The van der Waals surface area contributed by atoms with Crippen LogP contribution in [0.25, 0.3) is 0 Å². The summed E-state index contributed by atoms with van der Waals surface area (Å²) in [6.45, 7) is 4.30. The van der Waals surface area contributed by atoms with Gasteiger partial charge in [-0.05, 0) is 37.6 Å². The number of aryl methyl sites for hydroxylation is 1. The zero-order chi connectivity index (χ0) is 15.2. The van der Waals surface area contributed by atoms with Gasteiger partial charge in [-0.25, -0.2) is 9.78 Å². The van der Waals surface area contributed by atoms with Crippen molar-refractivity contribution in [1.29, 1.82) is 0 Å². The number of carbonyl (C=O) groups is 1. The average molecular weight is 288 g/mol. The Morgan fingerprint density at radius 1 is 1.24 bits per heavy atom. The van der Waals surface area contributed by atoms with Crippen molar-refractivity contribution < 1.29 is 19.4 Å². The lowest BCUT2D eigenvalue weighted by Gasteiger charge is -2.07. The Bertz CT molecular complexity index is 626. The fourth-order valence-electron chi connectivity index (χ4n) is 1.63. The van der Waals surface area contributed by atoms with E-state index >= 15 is 0 Å². The summed E-state index contributed by atoms with van der Waals surface area (Å²) in [5.41, 5.74) is 0.418. The number of hydrogen-bond donors (Lipinski definition) is 1. The first-order valence-electron chi connectivity index (χ1n) is 6.57. The molecular weight excluding hydrogens is 272 g/mol. The first-order chi connectivity index (χ1) is 10.1. The summed E-state index contributed by atoms with van der Waals surface area (Å²) < 4.78 is 11.0. The maximum absolute atomic E-state index is 10.9. The molecule has 1 aromatic heterocycles. The zero-order valence-corrected chi connectivity index (χ0v) is 11.9. The van der Waals surface area contributed by atoms with E-state index in [1.165, 1.54) is 6.20 Å². The summed E-state index contributed by atoms with van der Waals surface area (Å²) in [5, 5.41) is 8.91. The third-order valence-electron chi connectivity index (χ3n) is 2.69. The van der Waals surface area contributed by atoms with E-state index in [9.17, 15) is 4.79 Å². The number of carboxylic acids is 1. The Morgan fingerprint density at radius 2 is 1.90 bits per heavy atom. The molecule has 0 unspecified atom stereocenters. The molecule has 2 aromatic rings. The van der Waals surface area contributed by atoms with Gasteiger partial charge < -0.3 is 14.6 Å². The van der Waals surface area contributed by atoms with Crippen LogP contribution < -0.4 is 9.47 Å². The first-order valence-corrected chi connectivity index (χ1v) is 6.57. The number of nitrogens with zero attached hydrogens (tertiary/aromatic N) is 2. The molecule has 0 bridgehead atoms. The van der Waals surface area contributed by atoms with Crippen LogP contribution in [0.1, 0.15) is 29.4 Å². The van der Waals surface area contributed by atoms with Crippen molar-refractivity contribution in [2.45, 2.75) is 20.3 Å². The molecule has 6 heteroatoms. The summed E-state index contributed by atoms with van der Waals surface area (Å²) in [6.07, 6.45) is 2.18. The second-order valence-electron chi connectivity index (χ2n) is 4.38. The number of aromatic nitrogens is 2. The average Bonchev–Trinajstić information content (AvgIpc) is 2.46. The number of hydrogen-bond acceptors (Lipinski definition) is 5. The molecule has 0 amide bonds. The van der Waals surface area contributed by atoms with Crippen LogP contribution in [0.4, 0.5) is 0 Å². The van der Waals surface area contributed by atoms with E-state index in [0.29, 0.717) is 18.1 Å². The third kappa shape index (κ3) is 3.92. The molecule has 0 radical (unpaired) electrons. The van der Waals surface area contributed by atoms with E-state index in [-0.39, 0.29) is 11.6 Å². The van der Waals surface area contributed by atoms with Crippen molar-refractivity contribution in [2.24, 2.45) is 0 Å². The zero-order valence-electron chi connectivity index (χ0n) is 11.9. The summed E-state index contributed by atoms with van der Waals surface area (Å²) in [6, 6.07) is 7.19. The van der Waals surface area contributed by atoms with Crippen molar-refractivity contribution in [3.63, 3.8) is 0 Å². The molecule has 0 fully saturated rings. The molecule has 0 aliphatic heterocycles. The summed E-state index contributed by atoms with van der Waals surface area (Å²) in [7, 11) is 0. The van der Waals surface area contributed by atoms with E-state index in [1.807, 2.05) is 6.92 Å². The highest BCUT2D eigenvalue weighted by molar-refractivity contribution is 5.88. The Morgan fingerprint density at radius 3 is 2.48 bits per heavy atom. The summed E-state index contributed by atoms with van der Waals surface area (Å²) in [5.74, 6) is 0.264. The van der Waals surface area contributed by atoms with Crippen molar-refractivity contribution in [1.82, 2.24) is 9.97 Å². The van der Waals surface area contributed by atoms with Crippen LogP contribution >= 0.6 is 0 Å². The lowest BCUT2D eigenvalue weighted by Crippen LogP contribution is -2.04. The Balaban J connectivity index is 2.07. The lowest BCUT2D eigenvalue weighted by molar-refractivity contribution is 0.0695.